The third-order valence-electron chi connectivity index (χ3n) is 5.72. The Labute approximate surface area is 174 Å². The Morgan fingerprint density at radius 2 is 1.97 bits per heavy atom. The summed E-state index contributed by atoms with van der Waals surface area (Å²) in [5.74, 6) is -0.122. The highest BCUT2D eigenvalue weighted by Crippen LogP contribution is 2.31. The molecule has 0 bridgehead atoms. The van der Waals surface area contributed by atoms with Crippen LogP contribution in [0.3, 0.4) is 0 Å². The number of thiophene rings is 1. The van der Waals surface area contributed by atoms with Gasteiger partial charge < -0.3 is 10.6 Å². The van der Waals surface area contributed by atoms with E-state index >= 15 is 0 Å². The molecule has 0 radical (unpaired) electrons. The van der Waals surface area contributed by atoms with Gasteiger partial charge >= 0.3 is 0 Å². The highest BCUT2D eigenvalue weighted by Gasteiger charge is 2.29. The molecule has 1 aliphatic heterocycles. The monoisotopic (exact) mass is 407 g/mol. The van der Waals surface area contributed by atoms with Gasteiger partial charge in [0, 0.05) is 35.2 Å². The number of pyridine rings is 1. The van der Waals surface area contributed by atoms with E-state index in [1.807, 2.05) is 53.6 Å². The number of likely N-dealkylation sites (tertiary alicyclic amines) is 1. The maximum absolute atomic E-state index is 12.9. The number of carbonyl (C=O) groups excluding carboxylic acids is 2. The fourth-order valence-electron chi connectivity index (χ4n) is 4.14. The van der Waals surface area contributed by atoms with Gasteiger partial charge in [-0.2, -0.15) is 0 Å². The SMILES string of the molecule is CC(Cc1cccs1)C(=O)N1CCC(c2nc3ccccc3cc2C(N)=O)CC1. The first kappa shape index (κ1) is 19.6. The summed E-state index contributed by atoms with van der Waals surface area (Å²) in [4.78, 5) is 32.9. The Morgan fingerprint density at radius 3 is 2.66 bits per heavy atom. The molecule has 0 spiro atoms. The summed E-state index contributed by atoms with van der Waals surface area (Å²) in [6.45, 7) is 3.38. The molecule has 4 rings (SSSR count). The standard InChI is InChI=1S/C23H25N3O2S/c1-15(13-18-6-4-12-29-18)23(28)26-10-8-16(9-11-26)21-19(22(24)27)14-17-5-2-3-7-20(17)25-21/h2-7,12,14-16H,8-11,13H2,1H3,(H2,24,27). The van der Waals surface area contributed by atoms with Crippen molar-refractivity contribution in [2.45, 2.75) is 32.1 Å². The van der Waals surface area contributed by atoms with E-state index in [0.29, 0.717) is 18.7 Å². The van der Waals surface area contributed by atoms with Gasteiger partial charge in [-0.3, -0.25) is 14.6 Å². The largest absolute Gasteiger partial charge is 0.366 e. The lowest BCUT2D eigenvalue weighted by atomic mass is 9.89. The van der Waals surface area contributed by atoms with Crippen LogP contribution in [-0.2, 0) is 11.2 Å². The molecule has 1 atom stereocenters. The second-order valence-electron chi connectivity index (χ2n) is 7.76. The van der Waals surface area contributed by atoms with Crippen molar-refractivity contribution in [2.75, 3.05) is 13.1 Å². The van der Waals surface area contributed by atoms with E-state index in [4.69, 9.17) is 10.7 Å². The minimum Gasteiger partial charge on any atom is -0.366 e. The zero-order chi connectivity index (χ0) is 20.4. The molecule has 0 aliphatic carbocycles. The van der Waals surface area contributed by atoms with Crippen LogP contribution in [0.15, 0.2) is 47.8 Å². The summed E-state index contributed by atoms with van der Waals surface area (Å²) >= 11 is 1.70. The second kappa shape index (κ2) is 8.33. The lowest BCUT2D eigenvalue weighted by Crippen LogP contribution is -2.41. The topological polar surface area (TPSA) is 76.3 Å². The van der Waals surface area contributed by atoms with E-state index in [2.05, 4.69) is 6.07 Å². The summed E-state index contributed by atoms with van der Waals surface area (Å²) in [5.41, 5.74) is 7.79. The molecule has 5 nitrogen and oxygen atoms in total. The van der Waals surface area contributed by atoms with Crippen LogP contribution in [0.4, 0.5) is 0 Å². The number of primary amides is 1. The van der Waals surface area contributed by atoms with E-state index in [1.54, 1.807) is 11.3 Å². The third kappa shape index (κ3) is 4.17. The van der Waals surface area contributed by atoms with Crippen LogP contribution in [0.25, 0.3) is 10.9 Å². The first-order valence-electron chi connectivity index (χ1n) is 10.0. The number of para-hydroxylation sites is 1. The number of nitrogens with zero attached hydrogens (tertiary/aromatic N) is 2. The first-order valence-corrected chi connectivity index (χ1v) is 10.9. The molecule has 2 amide bonds. The summed E-state index contributed by atoms with van der Waals surface area (Å²) < 4.78 is 0. The highest BCUT2D eigenvalue weighted by molar-refractivity contribution is 7.09. The summed E-state index contributed by atoms with van der Waals surface area (Å²) in [6, 6.07) is 13.7. The molecule has 1 aromatic carbocycles. The van der Waals surface area contributed by atoms with Crippen LogP contribution >= 0.6 is 11.3 Å². The zero-order valence-electron chi connectivity index (χ0n) is 16.5. The van der Waals surface area contributed by atoms with Gasteiger partial charge in [-0.05, 0) is 42.8 Å². The number of rotatable bonds is 5. The molecule has 2 aromatic heterocycles. The molecule has 3 aromatic rings. The lowest BCUT2D eigenvalue weighted by Gasteiger charge is -2.34. The maximum atomic E-state index is 12.9. The molecular formula is C23H25N3O2S. The van der Waals surface area contributed by atoms with Crippen molar-refractivity contribution >= 4 is 34.1 Å². The third-order valence-corrected chi connectivity index (χ3v) is 6.62. The quantitative estimate of drug-likeness (QED) is 0.695. The normalized spacial score (nSPS) is 16.1. The van der Waals surface area contributed by atoms with E-state index < -0.39 is 5.91 Å². The molecule has 1 fully saturated rings. The van der Waals surface area contributed by atoms with Gasteiger partial charge in [0.2, 0.25) is 5.91 Å². The summed E-state index contributed by atoms with van der Waals surface area (Å²) in [5, 5.41) is 2.96. The van der Waals surface area contributed by atoms with Crippen molar-refractivity contribution in [3.63, 3.8) is 0 Å². The van der Waals surface area contributed by atoms with Gasteiger partial charge in [0.15, 0.2) is 0 Å². The van der Waals surface area contributed by atoms with Crippen molar-refractivity contribution < 1.29 is 9.59 Å². The fraction of sp³-hybridized carbons (Fsp3) is 0.348. The van der Waals surface area contributed by atoms with Crippen LogP contribution in [0, 0.1) is 5.92 Å². The second-order valence-corrected chi connectivity index (χ2v) is 8.79. The number of carbonyl (C=O) groups is 2. The molecular weight excluding hydrogens is 382 g/mol. The van der Waals surface area contributed by atoms with Crippen LogP contribution < -0.4 is 5.73 Å². The summed E-state index contributed by atoms with van der Waals surface area (Å²) in [6.07, 6.45) is 2.38. The predicted octanol–water partition coefficient (Wildman–Crippen LogP) is 3.98. The van der Waals surface area contributed by atoms with Gasteiger partial charge in [0.1, 0.15) is 0 Å². The van der Waals surface area contributed by atoms with Crippen molar-refractivity contribution in [2.24, 2.45) is 11.7 Å². The Hall–Kier alpha value is -2.73. The molecule has 1 unspecified atom stereocenters. The minimum atomic E-state index is -0.443. The first-order chi connectivity index (χ1) is 14.0. The molecule has 1 aliphatic rings. The number of piperidine rings is 1. The summed E-state index contributed by atoms with van der Waals surface area (Å²) in [7, 11) is 0. The van der Waals surface area contributed by atoms with Gasteiger partial charge in [-0.15, -0.1) is 11.3 Å². The minimum absolute atomic E-state index is 0.0230. The average molecular weight is 408 g/mol. The van der Waals surface area contributed by atoms with Crippen molar-refractivity contribution in [1.82, 2.24) is 9.88 Å². The Morgan fingerprint density at radius 1 is 1.21 bits per heavy atom. The number of hydrogen-bond acceptors (Lipinski definition) is 4. The zero-order valence-corrected chi connectivity index (χ0v) is 17.3. The van der Waals surface area contributed by atoms with Crippen molar-refractivity contribution in [3.05, 3.63) is 64.0 Å². The van der Waals surface area contributed by atoms with Crippen LogP contribution in [0.2, 0.25) is 0 Å². The number of nitrogens with two attached hydrogens (primary N) is 1. The number of benzene rings is 1. The van der Waals surface area contributed by atoms with Crippen LogP contribution in [0.1, 0.15) is 46.6 Å². The van der Waals surface area contributed by atoms with Gasteiger partial charge in [0.25, 0.3) is 5.91 Å². The number of amides is 2. The smallest absolute Gasteiger partial charge is 0.250 e. The van der Waals surface area contributed by atoms with E-state index in [-0.39, 0.29) is 17.7 Å². The Kier molecular flexibility index (Phi) is 5.62. The van der Waals surface area contributed by atoms with Gasteiger partial charge in [-0.25, -0.2) is 0 Å². The highest BCUT2D eigenvalue weighted by atomic mass is 32.1. The molecule has 2 N–H and O–H groups in total. The van der Waals surface area contributed by atoms with E-state index in [9.17, 15) is 9.59 Å². The molecule has 3 heterocycles. The molecule has 150 valence electrons. The van der Waals surface area contributed by atoms with Crippen molar-refractivity contribution in [3.8, 4) is 0 Å². The maximum Gasteiger partial charge on any atom is 0.250 e. The Balaban J connectivity index is 1.47. The van der Waals surface area contributed by atoms with E-state index in [0.717, 1.165) is 35.9 Å². The number of fused-ring (bicyclic) bond motifs is 1. The lowest BCUT2D eigenvalue weighted by molar-refractivity contribution is -0.136. The number of aromatic nitrogens is 1. The van der Waals surface area contributed by atoms with E-state index in [1.165, 1.54) is 4.88 Å². The molecule has 0 saturated carbocycles. The van der Waals surface area contributed by atoms with Gasteiger partial charge in [0.05, 0.1) is 16.8 Å². The van der Waals surface area contributed by atoms with Gasteiger partial charge in [-0.1, -0.05) is 31.2 Å². The molecule has 6 heteroatoms. The molecule has 29 heavy (non-hydrogen) atoms. The van der Waals surface area contributed by atoms with Crippen molar-refractivity contribution in [1.29, 1.82) is 0 Å². The predicted molar refractivity (Wildman–Crippen MR) is 116 cm³/mol. The fourth-order valence-corrected chi connectivity index (χ4v) is 4.98. The average Bonchev–Trinajstić information content (AvgIpc) is 3.25. The molecule has 1 saturated heterocycles. The van der Waals surface area contributed by atoms with Crippen LogP contribution in [0.5, 0.6) is 0 Å². The van der Waals surface area contributed by atoms with Crippen LogP contribution in [-0.4, -0.2) is 34.8 Å². The number of hydrogen-bond donors (Lipinski definition) is 1. The Bertz CT molecular complexity index is 1020.